The van der Waals surface area contributed by atoms with E-state index in [2.05, 4.69) is 9.71 Å². The van der Waals surface area contributed by atoms with Gasteiger partial charge in [-0.3, -0.25) is 0 Å². The number of para-hydroxylation sites is 2. The monoisotopic (exact) mass is 297 g/mol. The summed E-state index contributed by atoms with van der Waals surface area (Å²) in [4.78, 5) is 4.24. The zero-order chi connectivity index (χ0) is 14.6. The summed E-state index contributed by atoms with van der Waals surface area (Å²) in [6.45, 7) is 2.50. The van der Waals surface area contributed by atoms with E-state index in [0.29, 0.717) is 13.2 Å². The van der Waals surface area contributed by atoms with Crippen LogP contribution in [0.25, 0.3) is 11.0 Å². The second-order valence-corrected chi connectivity index (χ2v) is 6.59. The topological polar surface area (TPSA) is 73.2 Å². The average molecular weight is 297 g/mol. The molecule has 0 aliphatic carbocycles. The fourth-order valence-corrected chi connectivity index (χ4v) is 3.29. The van der Waals surface area contributed by atoms with Crippen molar-refractivity contribution in [3.05, 3.63) is 30.6 Å². The van der Waals surface area contributed by atoms with Crippen molar-refractivity contribution in [2.75, 3.05) is 19.5 Å². The molecule has 1 unspecified atom stereocenters. The van der Waals surface area contributed by atoms with Crippen LogP contribution in [0.1, 0.15) is 6.92 Å². The predicted molar refractivity (Wildman–Crippen MR) is 78.0 cm³/mol. The molecule has 1 aromatic heterocycles. The molecule has 0 fully saturated rings. The second kappa shape index (κ2) is 6.34. The lowest BCUT2D eigenvalue weighted by molar-refractivity contribution is 0.180. The maximum atomic E-state index is 11.9. The minimum atomic E-state index is -3.33. The molecular weight excluding hydrogens is 278 g/mol. The van der Waals surface area contributed by atoms with Gasteiger partial charge in [0.2, 0.25) is 10.0 Å². The van der Waals surface area contributed by atoms with Gasteiger partial charge in [-0.25, -0.2) is 18.1 Å². The zero-order valence-corrected chi connectivity index (χ0v) is 12.4. The van der Waals surface area contributed by atoms with Crippen LogP contribution in [-0.4, -0.2) is 43.5 Å². The van der Waals surface area contributed by atoms with E-state index >= 15 is 0 Å². The van der Waals surface area contributed by atoms with Gasteiger partial charge < -0.3 is 9.30 Å². The van der Waals surface area contributed by atoms with Crippen molar-refractivity contribution in [3.63, 3.8) is 0 Å². The van der Waals surface area contributed by atoms with Gasteiger partial charge in [0.25, 0.3) is 0 Å². The molecule has 1 N–H and O–H groups in total. The molecule has 20 heavy (non-hydrogen) atoms. The molecule has 0 saturated carbocycles. The van der Waals surface area contributed by atoms with E-state index in [1.807, 2.05) is 28.8 Å². The molecule has 2 rings (SSSR count). The Morgan fingerprint density at radius 1 is 1.40 bits per heavy atom. The van der Waals surface area contributed by atoms with Crippen molar-refractivity contribution in [1.29, 1.82) is 0 Å². The molecule has 2 aromatic rings. The SMILES string of the molecule is COCC(C)NS(=O)(=O)CCn1cnc2ccccc21. The lowest BCUT2D eigenvalue weighted by Crippen LogP contribution is -2.37. The molecule has 1 heterocycles. The van der Waals surface area contributed by atoms with E-state index in [0.717, 1.165) is 11.0 Å². The number of methoxy groups -OCH3 is 1. The predicted octanol–water partition coefficient (Wildman–Crippen LogP) is 0.991. The fraction of sp³-hybridized carbons (Fsp3) is 0.462. The van der Waals surface area contributed by atoms with Gasteiger partial charge in [0.1, 0.15) is 0 Å². The van der Waals surface area contributed by atoms with E-state index in [1.54, 1.807) is 20.4 Å². The molecule has 6 nitrogen and oxygen atoms in total. The third-order valence-corrected chi connectivity index (χ3v) is 4.41. The highest BCUT2D eigenvalue weighted by molar-refractivity contribution is 7.89. The van der Waals surface area contributed by atoms with Crippen LogP contribution in [0, 0.1) is 0 Å². The van der Waals surface area contributed by atoms with Crippen LogP contribution in [0.2, 0.25) is 0 Å². The molecule has 0 spiro atoms. The highest BCUT2D eigenvalue weighted by Gasteiger charge is 2.15. The summed E-state index contributed by atoms with van der Waals surface area (Å²) in [6.07, 6.45) is 1.67. The van der Waals surface area contributed by atoms with Crippen molar-refractivity contribution in [2.45, 2.75) is 19.5 Å². The minimum Gasteiger partial charge on any atom is -0.383 e. The molecule has 0 bridgehead atoms. The smallest absolute Gasteiger partial charge is 0.213 e. The highest BCUT2D eigenvalue weighted by Crippen LogP contribution is 2.11. The molecule has 0 saturated heterocycles. The van der Waals surface area contributed by atoms with Gasteiger partial charge in [0.15, 0.2) is 0 Å². The number of benzene rings is 1. The molecular formula is C13H19N3O3S. The van der Waals surface area contributed by atoms with E-state index in [-0.39, 0.29) is 11.8 Å². The number of nitrogens with one attached hydrogen (secondary N) is 1. The first-order chi connectivity index (χ1) is 9.52. The summed E-state index contributed by atoms with van der Waals surface area (Å²) >= 11 is 0. The third-order valence-electron chi connectivity index (χ3n) is 2.93. The van der Waals surface area contributed by atoms with Crippen LogP contribution in [0.5, 0.6) is 0 Å². The molecule has 0 radical (unpaired) electrons. The Kier molecular flexibility index (Phi) is 4.74. The summed E-state index contributed by atoms with van der Waals surface area (Å²) < 4.78 is 33.2. The molecule has 0 aliphatic heterocycles. The quantitative estimate of drug-likeness (QED) is 0.827. The number of aryl methyl sites for hydroxylation is 1. The number of ether oxygens (including phenoxy) is 1. The Balaban J connectivity index is 2.01. The van der Waals surface area contributed by atoms with Crippen molar-refractivity contribution >= 4 is 21.1 Å². The molecule has 110 valence electrons. The molecule has 0 amide bonds. The standard InChI is InChI=1S/C13H19N3O3S/c1-11(9-19-2)15-20(17,18)8-7-16-10-14-12-5-3-4-6-13(12)16/h3-6,10-11,15H,7-9H2,1-2H3. The Hall–Kier alpha value is -1.44. The number of imidazole rings is 1. The van der Waals surface area contributed by atoms with E-state index in [4.69, 9.17) is 4.74 Å². The number of hydrogen-bond acceptors (Lipinski definition) is 4. The lowest BCUT2D eigenvalue weighted by Gasteiger charge is -2.13. The van der Waals surface area contributed by atoms with Gasteiger partial charge in [-0.05, 0) is 19.1 Å². The van der Waals surface area contributed by atoms with Crippen LogP contribution in [0.3, 0.4) is 0 Å². The van der Waals surface area contributed by atoms with Crippen LogP contribution in [0.15, 0.2) is 30.6 Å². The minimum absolute atomic E-state index is 0.0153. The lowest BCUT2D eigenvalue weighted by atomic mass is 10.3. The average Bonchev–Trinajstić information content (AvgIpc) is 2.79. The Morgan fingerprint density at radius 3 is 2.90 bits per heavy atom. The number of hydrogen-bond donors (Lipinski definition) is 1. The van der Waals surface area contributed by atoms with Crippen LogP contribution >= 0.6 is 0 Å². The van der Waals surface area contributed by atoms with E-state index < -0.39 is 10.0 Å². The van der Waals surface area contributed by atoms with Crippen molar-refractivity contribution in [2.24, 2.45) is 0 Å². The summed E-state index contributed by atoms with van der Waals surface area (Å²) in [5.41, 5.74) is 1.80. The van der Waals surface area contributed by atoms with E-state index in [9.17, 15) is 8.42 Å². The fourth-order valence-electron chi connectivity index (χ4n) is 2.06. The van der Waals surface area contributed by atoms with Gasteiger partial charge in [-0.15, -0.1) is 0 Å². The summed E-state index contributed by atoms with van der Waals surface area (Å²) in [5, 5.41) is 0. The van der Waals surface area contributed by atoms with Crippen LogP contribution < -0.4 is 4.72 Å². The Bertz CT molecular complexity index is 666. The number of nitrogens with zero attached hydrogens (tertiary/aromatic N) is 2. The normalized spacial score (nSPS) is 13.7. The van der Waals surface area contributed by atoms with Gasteiger partial charge in [0.05, 0.1) is 29.7 Å². The van der Waals surface area contributed by atoms with Crippen molar-refractivity contribution in [1.82, 2.24) is 14.3 Å². The first-order valence-corrected chi connectivity index (χ1v) is 8.06. The van der Waals surface area contributed by atoms with Gasteiger partial charge in [-0.2, -0.15) is 0 Å². The number of rotatable bonds is 7. The Labute approximate surface area is 118 Å². The van der Waals surface area contributed by atoms with Crippen LogP contribution in [-0.2, 0) is 21.3 Å². The maximum absolute atomic E-state index is 11.9. The first kappa shape index (κ1) is 15.0. The van der Waals surface area contributed by atoms with Gasteiger partial charge in [-0.1, -0.05) is 12.1 Å². The first-order valence-electron chi connectivity index (χ1n) is 6.40. The molecule has 7 heteroatoms. The summed E-state index contributed by atoms with van der Waals surface area (Å²) in [6, 6.07) is 7.41. The third kappa shape index (κ3) is 3.78. The van der Waals surface area contributed by atoms with Crippen molar-refractivity contribution in [3.8, 4) is 0 Å². The zero-order valence-electron chi connectivity index (χ0n) is 11.6. The number of sulfonamides is 1. The maximum Gasteiger partial charge on any atom is 0.213 e. The Morgan fingerprint density at radius 2 is 2.15 bits per heavy atom. The molecule has 0 aliphatic rings. The number of aromatic nitrogens is 2. The summed E-state index contributed by atoms with van der Waals surface area (Å²) in [7, 11) is -1.78. The van der Waals surface area contributed by atoms with Gasteiger partial charge in [0, 0.05) is 19.7 Å². The molecule has 1 aromatic carbocycles. The highest BCUT2D eigenvalue weighted by atomic mass is 32.2. The van der Waals surface area contributed by atoms with E-state index in [1.165, 1.54) is 0 Å². The van der Waals surface area contributed by atoms with Gasteiger partial charge >= 0.3 is 0 Å². The summed E-state index contributed by atoms with van der Waals surface area (Å²) in [5.74, 6) is 0.0153. The second-order valence-electron chi connectivity index (χ2n) is 4.72. The number of fused-ring (bicyclic) bond motifs is 1. The van der Waals surface area contributed by atoms with Crippen molar-refractivity contribution < 1.29 is 13.2 Å². The van der Waals surface area contributed by atoms with Crippen LogP contribution in [0.4, 0.5) is 0 Å². The molecule has 1 atom stereocenters. The largest absolute Gasteiger partial charge is 0.383 e.